The quantitative estimate of drug-likeness (QED) is 0.722. The van der Waals surface area contributed by atoms with Crippen molar-refractivity contribution in [1.29, 1.82) is 0 Å². The lowest BCUT2D eigenvalue weighted by molar-refractivity contribution is 0.276. The number of hydrogen-bond acceptors (Lipinski definition) is 4. The topological polar surface area (TPSA) is 28.2 Å². The Kier molecular flexibility index (Phi) is 6.86. The summed E-state index contributed by atoms with van der Waals surface area (Å²) in [6.07, 6.45) is 1.13. The van der Waals surface area contributed by atoms with Gasteiger partial charge in [-0.25, -0.2) is 0 Å². The number of rotatable bonds is 9. The van der Waals surface area contributed by atoms with E-state index in [1.807, 2.05) is 24.3 Å². The third-order valence-electron chi connectivity index (χ3n) is 3.51. The molecule has 0 saturated carbocycles. The van der Waals surface area contributed by atoms with Crippen molar-refractivity contribution in [3.8, 4) is 0 Å². The molecule has 0 aromatic carbocycles. The normalized spacial score (nSPS) is 11.2. The highest BCUT2D eigenvalue weighted by Crippen LogP contribution is 2.08. The molecule has 0 fully saturated rings. The number of pyridine rings is 1. The molecule has 1 N–H and O–H groups in total. The minimum atomic E-state index is 0.935. The molecule has 114 valence electrons. The number of aromatic nitrogens is 1. The van der Waals surface area contributed by atoms with Crippen molar-refractivity contribution in [2.75, 3.05) is 26.2 Å². The summed E-state index contributed by atoms with van der Waals surface area (Å²) in [7, 11) is 0. The molecule has 0 radical (unpaired) electrons. The first kappa shape index (κ1) is 16.1. The monoisotopic (exact) mass is 303 g/mol. The lowest BCUT2D eigenvalue weighted by atomic mass is 10.3. The van der Waals surface area contributed by atoms with E-state index in [0.29, 0.717) is 0 Å². The highest BCUT2D eigenvalue weighted by atomic mass is 32.1. The molecule has 0 amide bonds. The first-order valence-electron chi connectivity index (χ1n) is 7.66. The third-order valence-corrected chi connectivity index (χ3v) is 4.45. The molecule has 0 atom stereocenters. The van der Waals surface area contributed by atoms with Gasteiger partial charge in [0.25, 0.3) is 0 Å². The average Bonchev–Trinajstić information content (AvgIpc) is 2.99. The summed E-state index contributed by atoms with van der Waals surface area (Å²) in [4.78, 5) is 8.47. The minimum Gasteiger partial charge on any atom is -0.315 e. The van der Waals surface area contributed by atoms with E-state index in [9.17, 15) is 0 Å². The van der Waals surface area contributed by atoms with Crippen LogP contribution in [0.3, 0.4) is 0 Å². The summed E-state index contributed by atoms with van der Waals surface area (Å²) in [5.41, 5.74) is 2.26. The van der Waals surface area contributed by atoms with Gasteiger partial charge in [-0.05, 0) is 43.5 Å². The highest BCUT2D eigenvalue weighted by molar-refractivity contribution is 7.09. The van der Waals surface area contributed by atoms with E-state index in [1.54, 1.807) is 0 Å². The van der Waals surface area contributed by atoms with Crippen LogP contribution in [0.4, 0.5) is 0 Å². The van der Waals surface area contributed by atoms with E-state index >= 15 is 0 Å². The van der Waals surface area contributed by atoms with Crippen molar-refractivity contribution >= 4 is 11.3 Å². The fourth-order valence-corrected chi connectivity index (χ4v) is 3.00. The summed E-state index contributed by atoms with van der Waals surface area (Å²) in [5, 5.41) is 5.67. The zero-order valence-electron chi connectivity index (χ0n) is 13.0. The summed E-state index contributed by atoms with van der Waals surface area (Å²) in [6.45, 7) is 9.41. The molecule has 0 bridgehead atoms. The highest BCUT2D eigenvalue weighted by Gasteiger charge is 2.04. The number of nitrogens with zero attached hydrogens (tertiary/aromatic N) is 2. The van der Waals surface area contributed by atoms with Gasteiger partial charge in [-0.3, -0.25) is 9.88 Å². The number of hydrogen-bond donors (Lipinski definition) is 1. The van der Waals surface area contributed by atoms with E-state index < -0.39 is 0 Å². The smallest absolute Gasteiger partial charge is 0.0547 e. The number of nitrogens with one attached hydrogen (secondary N) is 1. The standard InChI is InChI=1S/C17H25N3S/c1-3-20(14-16-7-4-6-15(2)19-16)12-11-18-10-9-17-8-5-13-21-17/h4-8,13,18H,3,9-12,14H2,1-2H3. The second-order valence-electron chi connectivity index (χ2n) is 5.22. The summed E-state index contributed by atoms with van der Waals surface area (Å²) in [6, 6.07) is 10.6. The minimum absolute atomic E-state index is 0.935. The van der Waals surface area contributed by atoms with Crippen LogP contribution in [0.15, 0.2) is 35.7 Å². The molecule has 2 aromatic heterocycles. The second kappa shape index (κ2) is 8.93. The first-order chi connectivity index (χ1) is 10.3. The molecule has 0 aliphatic heterocycles. The van der Waals surface area contributed by atoms with Gasteiger partial charge in [-0.1, -0.05) is 19.1 Å². The van der Waals surface area contributed by atoms with Gasteiger partial charge in [0.15, 0.2) is 0 Å². The first-order valence-corrected chi connectivity index (χ1v) is 8.54. The Morgan fingerprint density at radius 2 is 2.10 bits per heavy atom. The molecule has 2 aromatic rings. The fraction of sp³-hybridized carbons (Fsp3) is 0.471. The lowest BCUT2D eigenvalue weighted by Crippen LogP contribution is -2.32. The van der Waals surface area contributed by atoms with Gasteiger partial charge in [-0.2, -0.15) is 0 Å². The van der Waals surface area contributed by atoms with E-state index in [0.717, 1.165) is 50.5 Å². The van der Waals surface area contributed by atoms with Crippen LogP contribution in [0.2, 0.25) is 0 Å². The molecule has 2 rings (SSSR count). The Bertz CT molecular complexity index is 511. The maximum absolute atomic E-state index is 4.58. The Hall–Kier alpha value is -1.23. The molecule has 0 aliphatic carbocycles. The Labute approximate surface area is 132 Å². The molecule has 4 heteroatoms. The molecule has 0 aliphatic rings. The molecular weight excluding hydrogens is 278 g/mol. The zero-order chi connectivity index (χ0) is 14.9. The molecule has 0 saturated heterocycles. The van der Waals surface area contributed by atoms with Crippen LogP contribution in [0.1, 0.15) is 23.2 Å². The molecule has 21 heavy (non-hydrogen) atoms. The number of aryl methyl sites for hydroxylation is 1. The Morgan fingerprint density at radius 3 is 2.81 bits per heavy atom. The summed E-state index contributed by atoms with van der Waals surface area (Å²) >= 11 is 1.84. The lowest BCUT2D eigenvalue weighted by Gasteiger charge is -2.20. The summed E-state index contributed by atoms with van der Waals surface area (Å²) in [5.74, 6) is 0. The van der Waals surface area contributed by atoms with Crippen LogP contribution in [0.25, 0.3) is 0 Å². The Morgan fingerprint density at radius 1 is 1.19 bits per heavy atom. The van der Waals surface area contributed by atoms with Crippen LogP contribution >= 0.6 is 11.3 Å². The van der Waals surface area contributed by atoms with Crippen molar-refractivity contribution in [2.45, 2.75) is 26.8 Å². The predicted octanol–water partition coefficient (Wildman–Crippen LogP) is 3.11. The Balaban J connectivity index is 1.65. The molecule has 3 nitrogen and oxygen atoms in total. The zero-order valence-corrected chi connectivity index (χ0v) is 13.8. The van der Waals surface area contributed by atoms with Crippen molar-refractivity contribution in [1.82, 2.24) is 15.2 Å². The van der Waals surface area contributed by atoms with Crippen molar-refractivity contribution in [3.05, 3.63) is 52.0 Å². The van der Waals surface area contributed by atoms with E-state index in [2.05, 4.69) is 51.8 Å². The van der Waals surface area contributed by atoms with Gasteiger partial charge in [-0.15, -0.1) is 11.3 Å². The van der Waals surface area contributed by atoms with Gasteiger partial charge in [0.1, 0.15) is 0 Å². The number of thiophene rings is 1. The van der Waals surface area contributed by atoms with E-state index in [-0.39, 0.29) is 0 Å². The third kappa shape index (κ3) is 5.96. The van der Waals surface area contributed by atoms with E-state index in [1.165, 1.54) is 4.88 Å². The molecular formula is C17H25N3S. The van der Waals surface area contributed by atoms with E-state index in [4.69, 9.17) is 0 Å². The fourth-order valence-electron chi connectivity index (χ4n) is 2.29. The maximum Gasteiger partial charge on any atom is 0.0547 e. The molecule has 2 heterocycles. The SMILES string of the molecule is CCN(CCNCCc1cccs1)Cc1cccc(C)n1. The number of likely N-dealkylation sites (N-methyl/N-ethyl adjacent to an activating group) is 1. The summed E-state index contributed by atoms with van der Waals surface area (Å²) < 4.78 is 0. The van der Waals surface area contributed by atoms with Crippen molar-refractivity contribution in [2.24, 2.45) is 0 Å². The van der Waals surface area contributed by atoms with Gasteiger partial charge < -0.3 is 5.32 Å². The van der Waals surface area contributed by atoms with Gasteiger partial charge in [0, 0.05) is 36.8 Å². The largest absolute Gasteiger partial charge is 0.315 e. The maximum atomic E-state index is 4.58. The van der Waals surface area contributed by atoms with Crippen LogP contribution in [0.5, 0.6) is 0 Å². The van der Waals surface area contributed by atoms with Crippen molar-refractivity contribution < 1.29 is 0 Å². The van der Waals surface area contributed by atoms with Gasteiger partial charge >= 0.3 is 0 Å². The van der Waals surface area contributed by atoms with Crippen LogP contribution in [-0.4, -0.2) is 36.1 Å². The van der Waals surface area contributed by atoms with Gasteiger partial charge in [0.05, 0.1) is 5.69 Å². The van der Waals surface area contributed by atoms with Crippen LogP contribution < -0.4 is 5.32 Å². The molecule has 0 unspecified atom stereocenters. The second-order valence-corrected chi connectivity index (χ2v) is 6.25. The average molecular weight is 303 g/mol. The van der Waals surface area contributed by atoms with Crippen LogP contribution in [-0.2, 0) is 13.0 Å². The predicted molar refractivity (Wildman–Crippen MR) is 90.8 cm³/mol. The van der Waals surface area contributed by atoms with Crippen LogP contribution in [0, 0.1) is 6.92 Å². The molecule has 0 spiro atoms. The van der Waals surface area contributed by atoms with Crippen molar-refractivity contribution in [3.63, 3.8) is 0 Å². The van der Waals surface area contributed by atoms with Gasteiger partial charge in [0.2, 0.25) is 0 Å².